The Labute approximate surface area is 277 Å². The summed E-state index contributed by atoms with van der Waals surface area (Å²) in [6, 6.07) is 30.5. The van der Waals surface area contributed by atoms with Crippen molar-refractivity contribution in [3.8, 4) is 5.75 Å². The summed E-state index contributed by atoms with van der Waals surface area (Å²) in [5.74, 6) is 2.81. The minimum atomic E-state index is -0.469. The summed E-state index contributed by atoms with van der Waals surface area (Å²) in [4.78, 5) is 0. The molecule has 0 N–H and O–H groups in total. The third-order valence-corrected chi connectivity index (χ3v) is 9.58. The molecular weight excluding hydrogens is 548 g/mol. The van der Waals surface area contributed by atoms with Crippen molar-refractivity contribution in [1.29, 1.82) is 0 Å². The highest BCUT2D eigenvalue weighted by Crippen LogP contribution is 2.49. The van der Waals surface area contributed by atoms with Crippen LogP contribution in [0.4, 0.5) is 0 Å². The van der Waals surface area contributed by atoms with Gasteiger partial charge in [-0.3, -0.25) is 0 Å². The normalized spacial score (nSPS) is 20.7. The van der Waals surface area contributed by atoms with Crippen molar-refractivity contribution in [3.63, 3.8) is 0 Å². The van der Waals surface area contributed by atoms with E-state index >= 15 is 0 Å². The summed E-state index contributed by atoms with van der Waals surface area (Å²) in [6.07, 6.45) is 7.31. The standard InChI is InChI=1S/C38H50O2.C3H8.C2H6/c1-36(2,3)26-33(37(4,5)6)28-20-22-32(23-21-28)39-35(40-34-25-27-18-19-29(34)24-27)38(7,30-14-10-8-11-15-30)31-16-12-9-13-17-31;1-3-2;1-2/h8-17,20-23,27,29,33-35H,18-19,24-26H2,1-7H3;3H2,1-2H3;1-2H3. The number of hydrogen-bond acceptors (Lipinski definition) is 2. The number of ether oxygens (including phenoxy) is 2. The highest BCUT2D eigenvalue weighted by Gasteiger charge is 2.47. The van der Waals surface area contributed by atoms with Crippen LogP contribution in [0.5, 0.6) is 5.75 Å². The summed E-state index contributed by atoms with van der Waals surface area (Å²) in [5.41, 5.74) is 3.79. The fourth-order valence-corrected chi connectivity index (χ4v) is 7.24. The minimum absolute atomic E-state index is 0.183. The molecule has 2 saturated carbocycles. The summed E-state index contributed by atoms with van der Waals surface area (Å²) >= 11 is 0. The highest BCUT2D eigenvalue weighted by atomic mass is 16.7. The minimum Gasteiger partial charge on any atom is -0.464 e. The van der Waals surface area contributed by atoms with Crippen molar-refractivity contribution >= 4 is 0 Å². The molecule has 3 aromatic rings. The molecule has 248 valence electrons. The molecule has 5 rings (SSSR count). The lowest BCUT2D eigenvalue weighted by Crippen LogP contribution is -2.46. The molecule has 45 heavy (non-hydrogen) atoms. The van der Waals surface area contributed by atoms with Gasteiger partial charge in [-0.1, -0.05) is 148 Å². The molecule has 2 heteroatoms. The zero-order valence-electron chi connectivity index (χ0n) is 30.5. The molecule has 5 atom stereocenters. The maximum Gasteiger partial charge on any atom is 0.213 e. The van der Waals surface area contributed by atoms with Gasteiger partial charge in [-0.2, -0.15) is 0 Å². The van der Waals surface area contributed by atoms with E-state index < -0.39 is 11.7 Å². The zero-order chi connectivity index (χ0) is 33.3. The van der Waals surface area contributed by atoms with Crippen LogP contribution in [0.1, 0.15) is 137 Å². The quantitative estimate of drug-likeness (QED) is 0.224. The second-order valence-electron chi connectivity index (χ2n) is 15.7. The van der Waals surface area contributed by atoms with Crippen LogP contribution in [-0.2, 0) is 10.2 Å². The Morgan fingerprint density at radius 1 is 0.689 bits per heavy atom. The predicted octanol–water partition coefficient (Wildman–Crippen LogP) is 12.6. The zero-order valence-corrected chi connectivity index (χ0v) is 30.5. The van der Waals surface area contributed by atoms with E-state index in [2.05, 4.69) is 147 Å². The lowest BCUT2D eigenvalue weighted by Gasteiger charge is -2.41. The van der Waals surface area contributed by atoms with E-state index in [0.29, 0.717) is 11.8 Å². The van der Waals surface area contributed by atoms with Gasteiger partial charge >= 0.3 is 0 Å². The molecule has 2 nitrogen and oxygen atoms in total. The lowest BCUT2D eigenvalue weighted by atomic mass is 9.69. The predicted molar refractivity (Wildman–Crippen MR) is 194 cm³/mol. The molecule has 0 heterocycles. The van der Waals surface area contributed by atoms with Crippen LogP contribution < -0.4 is 4.74 Å². The Bertz CT molecular complexity index is 1190. The first-order valence-electron chi connectivity index (χ1n) is 17.9. The average molecular weight is 613 g/mol. The first-order chi connectivity index (χ1) is 21.3. The number of fused-ring (bicyclic) bond motifs is 2. The summed E-state index contributed by atoms with van der Waals surface area (Å²) in [5, 5.41) is 0. The molecule has 0 spiro atoms. The smallest absolute Gasteiger partial charge is 0.213 e. The van der Waals surface area contributed by atoms with E-state index in [1.54, 1.807) is 0 Å². The Kier molecular flexibility index (Phi) is 13.4. The largest absolute Gasteiger partial charge is 0.464 e. The van der Waals surface area contributed by atoms with E-state index in [1.807, 2.05) is 13.8 Å². The molecular formula is C43H64O2. The second-order valence-corrected chi connectivity index (χ2v) is 15.7. The van der Waals surface area contributed by atoms with Crippen LogP contribution in [0, 0.1) is 22.7 Å². The lowest BCUT2D eigenvalue weighted by molar-refractivity contribution is -0.160. The van der Waals surface area contributed by atoms with Crippen molar-refractivity contribution in [2.45, 2.75) is 138 Å². The summed E-state index contributed by atoms with van der Waals surface area (Å²) < 4.78 is 14.1. The van der Waals surface area contributed by atoms with Crippen molar-refractivity contribution in [2.75, 3.05) is 0 Å². The van der Waals surface area contributed by atoms with E-state index in [4.69, 9.17) is 9.47 Å². The molecule has 0 radical (unpaired) electrons. The van der Waals surface area contributed by atoms with E-state index in [9.17, 15) is 0 Å². The third kappa shape index (κ3) is 9.71. The van der Waals surface area contributed by atoms with Gasteiger partial charge in [0.15, 0.2) is 0 Å². The van der Waals surface area contributed by atoms with Crippen LogP contribution in [0.15, 0.2) is 84.9 Å². The molecule has 2 aliphatic rings. The van der Waals surface area contributed by atoms with Crippen LogP contribution in [0.3, 0.4) is 0 Å². The molecule has 2 fully saturated rings. The van der Waals surface area contributed by atoms with Crippen molar-refractivity contribution in [3.05, 3.63) is 102 Å². The maximum atomic E-state index is 7.10. The van der Waals surface area contributed by atoms with Crippen molar-refractivity contribution in [1.82, 2.24) is 0 Å². The van der Waals surface area contributed by atoms with E-state index in [1.165, 1.54) is 42.4 Å². The Balaban J connectivity index is 0.00000104. The van der Waals surface area contributed by atoms with E-state index in [-0.39, 0.29) is 16.9 Å². The maximum absolute atomic E-state index is 7.10. The first-order valence-corrected chi connectivity index (χ1v) is 17.9. The Morgan fingerprint density at radius 3 is 1.60 bits per heavy atom. The monoisotopic (exact) mass is 612 g/mol. The van der Waals surface area contributed by atoms with Gasteiger partial charge in [0.05, 0.1) is 11.5 Å². The van der Waals surface area contributed by atoms with Crippen molar-refractivity contribution in [2.24, 2.45) is 22.7 Å². The molecule has 2 aliphatic carbocycles. The van der Waals surface area contributed by atoms with Gasteiger partial charge in [0.25, 0.3) is 0 Å². The van der Waals surface area contributed by atoms with Gasteiger partial charge in [-0.25, -0.2) is 0 Å². The fourth-order valence-electron chi connectivity index (χ4n) is 7.24. The van der Waals surface area contributed by atoms with Crippen molar-refractivity contribution < 1.29 is 9.47 Å². The third-order valence-electron chi connectivity index (χ3n) is 9.58. The average Bonchev–Trinajstić information content (AvgIpc) is 3.65. The van der Waals surface area contributed by atoms with Crippen LogP contribution in [-0.4, -0.2) is 12.4 Å². The van der Waals surface area contributed by atoms with Crippen LogP contribution in [0.2, 0.25) is 0 Å². The van der Waals surface area contributed by atoms with Gasteiger partial charge in [0, 0.05) is 0 Å². The van der Waals surface area contributed by atoms with Crippen LogP contribution >= 0.6 is 0 Å². The molecule has 0 saturated heterocycles. The van der Waals surface area contributed by atoms with Gasteiger partial charge < -0.3 is 9.47 Å². The summed E-state index contributed by atoms with van der Waals surface area (Å²) in [7, 11) is 0. The fraction of sp³-hybridized carbons (Fsp3) is 0.581. The second kappa shape index (κ2) is 16.3. The Morgan fingerprint density at radius 2 is 1.20 bits per heavy atom. The van der Waals surface area contributed by atoms with Gasteiger partial charge in [-0.05, 0) is 96.4 Å². The SMILES string of the molecule is CC.CC(C)(C)CC(c1ccc(OC(OC2CC3CCC2C3)C(C)(c2ccccc2)c2ccccc2)cc1)C(C)(C)C.CCC. The topological polar surface area (TPSA) is 18.5 Å². The first kappa shape index (κ1) is 36.9. The molecule has 0 aromatic heterocycles. The molecule has 5 unspecified atom stereocenters. The molecule has 0 amide bonds. The molecule has 3 aromatic carbocycles. The molecule has 2 bridgehead atoms. The van der Waals surface area contributed by atoms with Crippen LogP contribution in [0.25, 0.3) is 0 Å². The number of benzene rings is 3. The summed E-state index contributed by atoms with van der Waals surface area (Å²) in [6.45, 7) is 24.6. The van der Waals surface area contributed by atoms with Gasteiger partial charge in [0.2, 0.25) is 6.29 Å². The van der Waals surface area contributed by atoms with Gasteiger partial charge in [0.1, 0.15) is 5.75 Å². The number of hydrogen-bond donors (Lipinski definition) is 0. The highest BCUT2D eigenvalue weighted by molar-refractivity contribution is 5.40. The molecule has 0 aliphatic heterocycles. The number of rotatable bonds is 9. The van der Waals surface area contributed by atoms with Gasteiger partial charge in [-0.15, -0.1) is 0 Å². The van der Waals surface area contributed by atoms with E-state index in [0.717, 1.165) is 24.5 Å². The Hall–Kier alpha value is -2.58.